The Morgan fingerprint density at radius 3 is 2.57 bits per heavy atom. The first-order chi connectivity index (χ1) is 13.2. The van der Waals surface area contributed by atoms with E-state index in [1.165, 1.54) is 0 Å². The number of guanidine groups is 1. The lowest BCUT2D eigenvalue weighted by molar-refractivity contribution is -0.119. The molecule has 2 rings (SSSR count). The molecule has 1 aromatic rings. The Morgan fingerprint density at radius 1 is 1.18 bits per heavy atom. The van der Waals surface area contributed by atoms with E-state index in [4.69, 9.17) is 9.47 Å². The van der Waals surface area contributed by atoms with Gasteiger partial charge in [0.1, 0.15) is 12.3 Å². The number of aliphatic imine (C=N–C) groups is 1. The minimum absolute atomic E-state index is 0. The van der Waals surface area contributed by atoms with E-state index < -0.39 is 0 Å². The number of hydrogen-bond acceptors (Lipinski definition) is 5. The number of carbonyl (C=O) groups is 1. The highest BCUT2D eigenvalue weighted by Crippen LogP contribution is 2.22. The maximum atomic E-state index is 11.9. The van der Waals surface area contributed by atoms with Gasteiger partial charge in [0.05, 0.1) is 13.7 Å². The molecule has 2 N–H and O–H groups in total. The van der Waals surface area contributed by atoms with Crippen LogP contribution in [0, 0.1) is 0 Å². The first-order valence-corrected chi connectivity index (χ1v) is 9.35. The van der Waals surface area contributed by atoms with Crippen molar-refractivity contribution in [1.82, 2.24) is 15.5 Å². The van der Waals surface area contributed by atoms with E-state index in [0.29, 0.717) is 13.2 Å². The third-order valence-corrected chi connectivity index (χ3v) is 4.33. The minimum Gasteiger partial charge on any atom is -0.497 e. The predicted molar refractivity (Wildman–Crippen MR) is 123 cm³/mol. The van der Waals surface area contributed by atoms with E-state index in [1.54, 1.807) is 14.2 Å². The topological polar surface area (TPSA) is 78.4 Å². The van der Waals surface area contributed by atoms with E-state index in [1.807, 2.05) is 19.1 Å². The summed E-state index contributed by atoms with van der Waals surface area (Å²) in [6, 6.07) is 8.11. The average Bonchev–Trinajstić information content (AvgIpc) is 2.71. The van der Waals surface area contributed by atoms with Gasteiger partial charge in [-0.3, -0.25) is 4.79 Å². The fourth-order valence-electron chi connectivity index (χ4n) is 2.90. The third kappa shape index (κ3) is 7.70. The molecule has 8 nitrogen and oxygen atoms in total. The van der Waals surface area contributed by atoms with Gasteiger partial charge in [0.25, 0.3) is 0 Å². The molecule has 0 bridgehead atoms. The molecule has 1 saturated heterocycles. The molecule has 0 atom stereocenters. The molecule has 0 unspecified atom stereocenters. The van der Waals surface area contributed by atoms with Crippen LogP contribution in [0.25, 0.3) is 0 Å². The highest BCUT2D eigenvalue weighted by molar-refractivity contribution is 14.0. The van der Waals surface area contributed by atoms with Gasteiger partial charge >= 0.3 is 0 Å². The van der Waals surface area contributed by atoms with Gasteiger partial charge in [-0.15, -0.1) is 24.0 Å². The number of hydrogen-bond donors (Lipinski definition) is 2. The second-order valence-corrected chi connectivity index (χ2v) is 6.19. The third-order valence-electron chi connectivity index (χ3n) is 4.33. The van der Waals surface area contributed by atoms with Crippen LogP contribution in [0.1, 0.15) is 6.92 Å². The number of rotatable bonds is 8. The largest absolute Gasteiger partial charge is 0.497 e. The van der Waals surface area contributed by atoms with Crippen LogP contribution in [0.2, 0.25) is 0 Å². The molecular formula is C19H32IN5O3. The van der Waals surface area contributed by atoms with Crippen LogP contribution in [0.5, 0.6) is 5.75 Å². The van der Waals surface area contributed by atoms with Crippen molar-refractivity contribution in [3.8, 4) is 5.75 Å². The Bertz CT molecular complexity index is 621. The summed E-state index contributed by atoms with van der Waals surface area (Å²) in [7, 11) is 3.29. The number of benzene rings is 1. The van der Waals surface area contributed by atoms with Crippen molar-refractivity contribution in [1.29, 1.82) is 0 Å². The van der Waals surface area contributed by atoms with Gasteiger partial charge in [0.2, 0.25) is 5.91 Å². The Labute approximate surface area is 184 Å². The maximum absolute atomic E-state index is 11.9. The molecule has 1 aliphatic rings. The van der Waals surface area contributed by atoms with Crippen LogP contribution >= 0.6 is 24.0 Å². The molecular weight excluding hydrogens is 473 g/mol. The summed E-state index contributed by atoms with van der Waals surface area (Å²) in [5, 5.41) is 6.07. The molecule has 158 valence electrons. The average molecular weight is 505 g/mol. The van der Waals surface area contributed by atoms with Gasteiger partial charge in [0.15, 0.2) is 5.96 Å². The van der Waals surface area contributed by atoms with Crippen LogP contribution in [-0.2, 0) is 9.53 Å². The molecule has 9 heteroatoms. The van der Waals surface area contributed by atoms with Crippen LogP contribution < -0.4 is 20.3 Å². The summed E-state index contributed by atoms with van der Waals surface area (Å²) in [5.41, 5.74) is 1.16. The minimum atomic E-state index is -0.0996. The molecule has 1 aromatic carbocycles. The quantitative estimate of drug-likeness (QED) is 0.239. The number of anilines is 1. The van der Waals surface area contributed by atoms with Crippen LogP contribution in [0.3, 0.4) is 0 Å². The monoisotopic (exact) mass is 505 g/mol. The number of piperazine rings is 1. The summed E-state index contributed by atoms with van der Waals surface area (Å²) >= 11 is 0. The number of ether oxygens (including phenoxy) is 2. The number of nitrogens with zero attached hydrogens (tertiary/aromatic N) is 3. The van der Waals surface area contributed by atoms with Crippen molar-refractivity contribution in [3.05, 3.63) is 24.3 Å². The second kappa shape index (κ2) is 13.4. The summed E-state index contributed by atoms with van der Waals surface area (Å²) in [4.78, 5) is 20.9. The highest BCUT2D eigenvalue weighted by Gasteiger charge is 2.20. The molecule has 1 amide bonds. The molecule has 0 spiro atoms. The smallest absolute Gasteiger partial charge is 0.241 e. The lowest BCUT2D eigenvalue weighted by Gasteiger charge is -2.37. The van der Waals surface area contributed by atoms with E-state index in [9.17, 15) is 4.79 Å². The molecule has 0 aromatic heterocycles. The summed E-state index contributed by atoms with van der Waals surface area (Å²) < 4.78 is 10.2. The Kier molecular flexibility index (Phi) is 11.7. The number of halogens is 1. The fourth-order valence-corrected chi connectivity index (χ4v) is 2.90. The van der Waals surface area contributed by atoms with E-state index in [-0.39, 0.29) is 36.4 Å². The van der Waals surface area contributed by atoms with Gasteiger partial charge in [-0.2, -0.15) is 0 Å². The van der Waals surface area contributed by atoms with E-state index in [0.717, 1.165) is 50.1 Å². The summed E-state index contributed by atoms with van der Waals surface area (Å²) in [6.45, 7) is 7.36. The molecule has 1 aliphatic heterocycles. The zero-order valence-electron chi connectivity index (χ0n) is 16.9. The Morgan fingerprint density at radius 2 is 1.93 bits per heavy atom. The van der Waals surface area contributed by atoms with Crippen molar-refractivity contribution < 1.29 is 14.3 Å². The van der Waals surface area contributed by atoms with Gasteiger partial charge < -0.3 is 29.9 Å². The van der Waals surface area contributed by atoms with E-state index >= 15 is 0 Å². The Balaban J connectivity index is 0.00000392. The van der Waals surface area contributed by atoms with Crippen LogP contribution in [0.15, 0.2) is 29.3 Å². The van der Waals surface area contributed by atoms with Crippen LogP contribution in [-0.4, -0.2) is 83.4 Å². The molecule has 0 aliphatic carbocycles. The first kappa shape index (κ1) is 24.3. The van der Waals surface area contributed by atoms with Crippen molar-refractivity contribution in [2.24, 2.45) is 4.99 Å². The normalized spacial score (nSPS) is 14.3. The SMILES string of the molecule is CCNC(=NCC(=O)NCCOC)N1CCN(c2cccc(OC)c2)CC1.I. The van der Waals surface area contributed by atoms with Crippen molar-refractivity contribution in [3.63, 3.8) is 0 Å². The number of carbonyl (C=O) groups excluding carboxylic acids is 1. The zero-order valence-corrected chi connectivity index (χ0v) is 19.3. The van der Waals surface area contributed by atoms with Gasteiger partial charge in [-0.25, -0.2) is 4.99 Å². The predicted octanol–water partition coefficient (Wildman–Crippen LogP) is 1.16. The van der Waals surface area contributed by atoms with E-state index in [2.05, 4.69) is 37.6 Å². The summed E-state index contributed by atoms with van der Waals surface area (Å²) in [6.07, 6.45) is 0. The Hall–Kier alpha value is -1.75. The first-order valence-electron chi connectivity index (χ1n) is 9.35. The molecule has 0 saturated carbocycles. The van der Waals surface area contributed by atoms with Crippen LogP contribution in [0.4, 0.5) is 5.69 Å². The van der Waals surface area contributed by atoms with Gasteiger partial charge in [-0.05, 0) is 19.1 Å². The number of methoxy groups -OCH3 is 2. The number of amides is 1. The molecule has 1 fully saturated rings. The maximum Gasteiger partial charge on any atom is 0.241 e. The van der Waals surface area contributed by atoms with Crippen molar-refractivity contribution >= 4 is 41.5 Å². The van der Waals surface area contributed by atoms with Gasteiger partial charge in [-0.1, -0.05) is 6.07 Å². The highest BCUT2D eigenvalue weighted by atomic mass is 127. The molecule has 1 heterocycles. The summed E-state index contributed by atoms with van der Waals surface area (Å²) in [5.74, 6) is 1.55. The second-order valence-electron chi connectivity index (χ2n) is 6.19. The standard InChI is InChI=1S/C19H31N5O3.HI/c1-4-20-19(22-15-18(25)21-8-13-26-2)24-11-9-23(10-12-24)16-6-5-7-17(14-16)27-3;/h5-7,14H,4,8-13,15H2,1-3H3,(H,20,22)(H,21,25);1H. The van der Waals surface area contributed by atoms with Crippen molar-refractivity contribution in [2.75, 3.05) is 71.5 Å². The van der Waals surface area contributed by atoms with Crippen molar-refractivity contribution in [2.45, 2.75) is 6.92 Å². The fraction of sp³-hybridized carbons (Fsp3) is 0.579. The molecule has 28 heavy (non-hydrogen) atoms. The number of nitrogens with one attached hydrogen (secondary N) is 2. The zero-order chi connectivity index (χ0) is 19.5. The van der Waals surface area contributed by atoms with Gasteiger partial charge in [0, 0.05) is 58.1 Å². The molecule has 0 radical (unpaired) electrons. The lowest BCUT2D eigenvalue weighted by Crippen LogP contribution is -2.52. The lowest BCUT2D eigenvalue weighted by atomic mass is 10.2.